The highest BCUT2D eigenvalue weighted by Gasteiger charge is 2.11. The lowest BCUT2D eigenvalue weighted by Crippen LogP contribution is -2.00. The first-order chi connectivity index (χ1) is 11.1. The molecule has 0 atom stereocenters. The van der Waals surface area contributed by atoms with Crippen LogP contribution in [0.2, 0.25) is 0 Å². The second-order valence-electron chi connectivity index (χ2n) is 4.93. The first kappa shape index (κ1) is 17.3. The van der Waals surface area contributed by atoms with Gasteiger partial charge in [-0.1, -0.05) is 17.7 Å². The molecule has 2 aromatic carbocycles. The number of halogens is 1. The van der Waals surface area contributed by atoms with Crippen molar-refractivity contribution in [1.82, 2.24) is 0 Å². The number of nitrogens with one attached hydrogen (secondary N) is 1. The number of hydrogen-bond donors (Lipinski definition) is 1. The van der Waals surface area contributed by atoms with Crippen LogP contribution >= 0.6 is 15.9 Å². The summed E-state index contributed by atoms with van der Waals surface area (Å²) in [6.45, 7) is 7.11. The fraction of sp³-hybridized carbons (Fsp3) is 0.278. The molecule has 0 amide bonds. The predicted molar refractivity (Wildman–Crippen MR) is 98.9 cm³/mol. The molecule has 23 heavy (non-hydrogen) atoms. The molecule has 0 unspecified atom stereocenters. The van der Waals surface area contributed by atoms with Gasteiger partial charge in [-0.3, -0.25) is 5.43 Å². The van der Waals surface area contributed by atoms with E-state index in [1.807, 2.05) is 50.2 Å². The number of anilines is 1. The van der Waals surface area contributed by atoms with E-state index in [9.17, 15) is 0 Å². The normalized spacial score (nSPS) is 10.8. The zero-order valence-electron chi connectivity index (χ0n) is 13.6. The fourth-order valence-corrected chi connectivity index (χ4v) is 2.59. The molecular weight excluding hydrogens is 356 g/mol. The third-order valence-electron chi connectivity index (χ3n) is 3.08. The van der Waals surface area contributed by atoms with Crippen molar-refractivity contribution in [3.8, 4) is 11.5 Å². The zero-order valence-corrected chi connectivity index (χ0v) is 15.2. The van der Waals surface area contributed by atoms with E-state index in [4.69, 9.17) is 9.47 Å². The van der Waals surface area contributed by atoms with E-state index >= 15 is 0 Å². The third kappa shape index (κ3) is 4.99. The van der Waals surface area contributed by atoms with Gasteiger partial charge >= 0.3 is 0 Å². The lowest BCUT2D eigenvalue weighted by Gasteiger charge is -2.13. The largest absolute Gasteiger partial charge is 0.490 e. The van der Waals surface area contributed by atoms with Crippen LogP contribution in [0.25, 0.3) is 0 Å². The molecule has 0 spiro atoms. The lowest BCUT2D eigenvalue weighted by atomic mass is 10.2. The molecule has 2 aromatic rings. The molecule has 4 nitrogen and oxygen atoms in total. The van der Waals surface area contributed by atoms with Crippen molar-refractivity contribution in [3.63, 3.8) is 0 Å². The molecule has 0 bridgehead atoms. The van der Waals surface area contributed by atoms with Crippen molar-refractivity contribution in [2.45, 2.75) is 20.8 Å². The second kappa shape index (κ2) is 8.58. The number of hydrogen-bond acceptors (Lipinski definition) is 4. The van der Waals surface area contributed by atoms with Gasteiger partial charge in [0.2, 0.25) is 0 Å². The fourth-order valence-electron chi connectivity index (χ4n) is 2.02. The summed E-state index contributed by atoms with van der Waals surface area (Å²) in [5.74, 6) is 1.43. The number of ether oxygens (including phenoxy) is 2. The first-order valence-corrected chi connectivity index (χ1v) is 8.38. The van der Waals surface area contributed by atoms with Crippen LogP contribution in [0, 0.1) is 6.92 Å². The van der Waals surface area contributed by atoms with Crippen molar-refractivity contribution in [2.75, 3.05) is 18.6 Å². The number of hydrazone groups is 1. The van der Waals surface area contributed by atoms with Gasteiger partial charge in [0, 0.05) is 0 Å². The van der Waals surface area contributed by atoms with Crippen LogP contribution in [0.5, 0.6) is 11.5 Å². The Hall–Kier alpha value is -2.01. The van der Waals surface area contributed by atoms with Crippen LogP contribution < -0.4 is 14.9 Å². The van der Waals surface area contributed by atoms with Gasteiger partial charge in [-0.05, 0) is 66.5 Å². The highest BCUT2D eigenvalue weighted by molar-refractivity contribution is 9.10. The van der Waals surface area contributed by atoms with Gasteiger partial charge in [-0.15, -0.1) is 0 Å². The highest BCUT2D eigenvalue weighted by Crippen LogP contribution is 2.36. The van der Waals surface area contributed by atoms with Crippen LogP contribution in [0.3, 0.4) is 0 Å². The monoisotopic (exact) mass is 376 g/mol. The molecule has 5 heteroatoms. The highest BCUT2D eigenvalue weighted by atomic mass is 79.9. The van der Waals surface area contributed by atoms with Gasteiger partial charge in [0.15, 0.2) is 11.5 Å². The number of aryl methyl sites for hydroxylation is 1. The zero-order chi connectivity index (χ0) is 16.7. The lowest BCUT2D eigenvalue weighted by molar-refractivity contribution is 0.286. The summed E-state index contributed by atoms with van der Waals surface area (Å²) in [5.41, 5.74) is 6.10. The Bertz CT molecular complexity index is 669. The minimum Gasteiger partial charge on any atom is -0.490 e. The van der Waals surface area contributed by atoms with E-state index in [0.29, 0.717) is 19.0 Å². The van der Waals surface area contributed by atoms with Gasteiger partial charge in [-0.25, -0.2) is 0 Å². The standard InChI is InChI=1S/C18H21BrN2O2/c1-4-22-17-11-14(10-16(19)18(17)23-5-2)12-20-21-15-8-6-13(3)7-9-15/h6-12,21H,4-5H2,1-3H3/b20-12+. The molecule has 0 fully saturated rings. The molecule has 0 aromatic heterocycles. The van der Waals surface area contributed by atoms with Crippen LogP contribution in [0.15, 0.2) is 46.0 Å². The number of benzene rings is 2. The van der Waals surface area contributed by atoms with Crippen molar-refractivity contribution in [1.29, 1.82) is 0 Å². The van der Waals surface area contributed by atoms with E-state index in [0.717, 1.165) is 21.5 Å². The Morgan fingerprint density at radius 1 is 1.09 bits per heavy atom. The molecular formula is C18H21BrN2O2. The summed E-state index contributed by atoms with van der Waals surface area (Å²) < 4.78 is 12.1. The van der Waals surface area contributed by atoms with Crippen molar-refractivity contribution < 1.29 is 9.47 Å². The summed E-state index contributed by atoms with van der Waals surface area (Å²) >= 11 is 3.53. The maximum atomic E-state index is 5.65. The van der Waals surface area contributed by atoms with Crippen molar-refractivity contribution in [2.24, 2.45) is 5.10 Å². The van der Waals surface area contributed by atoms with Crippen LogP contribution in [0.1, 0.15) is 25.0 Å². The molecule has 2 rings (SSSR count). The van der Waals surface area contributed by atoms with E-state index in [2.05, 4.69) is 33.4 Å². The number of rotatable bonds is 7. The van der Waals surface area contributed by atoms with Crippen LogP contribution in [-0.2, 0) is 0 Å². The third-order valence-corrected chi connectivity index (χ3v) is 3.67. The molecule has 0 saturated heterocycles. The molecule has 0 aliphatic heterocycles. The average molecular weight is 377 g/mol. The quantitative estimate of drug-likeness (QED) is 0.545. The van der Waals surface area contributed by atoms with E-state index in [1.165, 1.54) is 5.56 Å². The van der Waals surface area contributed by atoms with E-state index in [-0.39, 0.29) is 0 Å². The SMILES string of the molecule is CCOc1cc(/C=N/Nc2ccc(C)cc2)cc(Br)c1OCC. The minimum atomic E-state index is 0.578. The first-order valence-electron chi connectivity index (χ1n) is 7.59. The smallest absolute Gasteiger partial charge is 0.175 e. The summed E-state index contributed by atoms with van der Waals surface area (Å²) in [5, 5.41) is 4.27. The van der Waals surface area contributed by atoms with Gasteiger partial charge in [0.05, 0.1) is 29.6 Å². The van der Waals surface area contributed by atoms with Gasteiger partial charge < -0.3 is 9.47 Å². The van der Waals surface area contributed by atoms with Gasteiger partial charge in [0.25, 0.3) is 0 Å². The molecule has 0 heterocycles. The van der Waals surface area contributed by atoms with Gasteiger partial charge in [0.1, 0.15) is 0 Å². The Morgan fingerprint density at radius 2 is 1.78 bits per heavy atom. The minimum absolute atomic E-state index is 0.578. The second-order valence-corrected chi connectivity index (χ2v) is 5.79. The Labute approximate surface area is 145 Å². The van der Waals surface area contributed by atoms with E-state index < -0.39 is 0 Å². The summed E-state index contributed by atoms with van der Waals surface area (Å²) in [7, 11) is 0. The van der Waals surface area contributed by atoms with Crippen molar-refractivity contribution in [3.05, 3.63) is 52.0 Å². The Morgan fingerprint density at radius 3 is 2.43 bits per heavy atom. The molecule has 0 aliphatic carbocycles. The maximum absolute atomic E-state index is 5.65. The summed E-state index contributed by atoms with van der Waals surface area (Å²) in [6, 6.07) is 11.9. The van der Waals surface area contributed by atoms with Gasteiger partial charge in [-0.2, -0.15) is 5.10 Å². The van der Waals surface area contributed by atoms with Crippen LogP contribution in [-0.4, -0.2) is 19.4 Å². The van der Waals surface area contributed by atoms with Crippen molar-refractivity contribution >= 4 is 27.8 Å². The average Bonchev–Trinajstić information content (AvgIpc) is 2.53. The maximum Gasteiger partial charge on any atom is 0.175 e. The molecule has 0 saturated carbocycles. The van der Waals surface area contributed by atoms with Crippen LogP contribution in [0.4, 0.5) is 5.69 Å². The number of nitrogens with zero attached hydrogens (tertiary/aromatic N) is 1. The Balaban J connectivity index is 2.15. The molecule has 0 aliphatic rings. The summed E-state index contributed by atoms with van der Waals surface area (Å²) in [6.07, 6.45) is 1.75. The summed E-state index contributed by atoms with van der Waals surface area (Å²) in [4.78, 5) is 0. The Kier molecular flexibility index (Phi) is 6.47. The molecule has 0 radical (unpaired) electrons. The van der Waals surface area contributed by atoms with E-state index in [1.54, 1.807) is 6.21 Å². The predicted octanol–water partition coefficient (Wildman–Crippen LogP) is 5.00. The topological polar surface area (TPSA) is 42.8 Å². The molecule has 1 N–H and O–H groups in total. The molecule has 122 valence electrons.